The lowest BCUT2D eigenvalue weighted by atomic mass is 9.88. The number of nitrogens with zero attached hydrogens (tertiary/aromatic N) is 3. The van der Waals surface area contributed by atoms with Crippen LogP contribution in [0.5, 0.6) is 0 Å². The van der Waals surface area contributed by atoms with E-state index < -0.39 is 0 Å². The summed E-state index contributed by atoms with van der Waals surface area (Å²) in [5, 5.41) is 3.11. The van der Waals surface area contributed by atoms with Gasteiger partial charge in [0, 0.05) is 51.9 Å². The highest BCUT2D eigenvalue weighted by Crippen LogP contribution is 2.15. The lowest BCUT2D eigenvalue weighted by Gasteiger charge is -2.36. The van der Waals surface area contributed by atoms with Gasteiger partial charge in [0.2, 0.25) is 5.91 Å². The molecule has 1 aliphatic heterocycles. The summed E-state index contributed by atoms with van der Waals surface area (Å²) in [6, 6.07) is 6.00. The number of pyridine rings is 1. The second-order valence-electron chi connectivity index (χ2n) is 7.09. The summed E-state index contributed by atoms with van der Waals surface area (Å²) in [4.78, 5) is 21.3. The number of nitrogens with one attached hydrogen (secondary N) is 1. The first-order valence-electron chi connectivity index (χ1n) is 8.84. The van der Waals surface area contributed by atoms with Crippen molar-refractivity contribution < 1.29 is 4.79 Å². The van der Waals surface area contributed by atoms with Crippen LogP contribution in [0.1, 0.15) is 27.2 Å². The fourth-order valence-electron chi connectivity index (χ4n) is 2.81. The van der Waals surface area contributed by atoms with Gasteiger partial charge in [0.1, 0.15) is 5.82 Å². The zero-order valence-electron chi connectivity index (χ0n) is 15.2. The molecule has 134 valence electrons. The topological polar surface area (TPSA) is 74.5 Å². The third-order valence-electron chi connectivity index (χ3n) is 5.12. The van der Waals surface area contributed by atoms with E-state index in [0.29, 0.717) is 18.9 Å². The number of carbonyl (C=O) groups excluding carboxylic acids is 1. The Hall–Kier alpha value is -1.66. The molecule has 1 saturated heterocycles. The molecular formula is C18H31N5O. The maximum Gasteiger partial charge on any atom is 0.221 e. The highest BCUT2D eigenvalue weighted by molar-refractivity contribution is 5.77. The molecule has 2 rings (SSSR count). The molecule has 1 atom stereocenters. The van der Waals surface area contributed by atoms with Crippen LogP contribution in [0.25, 0.3) is 0 Å². The fraction of sp³-hybridized carbons (Fsp3) is 0.667. The van der Waals surface area contributed by atoms with Crippen LogP contribution in [0.3, 0.4) is 0 Å². The molecule has 0 aliphatic carbocycles. The molecule has 1 amide bonds. The summed E-state index contributed by atoms with van der Waals surface area (Å²) >= 11 is 0. The van der Waals surface area contributed by atoms with E-state index in [1.54, 1.807) is 0 Å². The lowest BCUT2D eigenvalue weighted by molar-refractivity contribution is -0.123. The highest BCUT2D eigenvalue weighted by Gasteiger charge is 2.28. The van der Waals surface area contributed by atoms with Gasteiger partial charge >= 0.3 is 0 Å². The molecule has 1 aliphatic rings. The van der Waals surface area contributed by atoms with Gasteiger partial charge in [0.05, 0.1) is 5.54 Å². The van der Waals surface area contributed by atoms with Gasteiger partial charge in [-0.2, -0.15) is 0 Å². The second kappa shape index (κ2) is 8.44. The zero-order valence-corrected chi connectivity index (χ0v) is 15.2. The number of amides is 1. The minimum Gasteiger partial charge on any atom is -0.354 e. The molecule has 1 fully saturated rings. The molecule has 6 heteroatoms. The van der Waals surface area contributed by atoms with E-state index in [1.165, 1.54) is 0 Å². The van der Waals surface area contributed by atoms with Crippen molar-refractivity contribution in [1.82, 2.24) is 15.2 Å². The maximum absolute atomic E-state index is 12.2. The first kappa shape index (κ1) is 18.7. The van der Waals surface area contributed by atoms with Crippen molar-refractivity contribution in [3.63, 3.8) is 0 Å². The molecule has 0 saturated carbocycles. The van der Waals surface area contributed by atoms with Crippen LogP contribution in [-0.2, 0) is 4.79 Å². The summed E-state index contributed by atoms with van der Waals surface area (Å²) in [5.74, 6) is 1.43. The highest BCUT2D eigenvalue weighted by atomic mass is 16.1. The van der Waals surface area contributed by atoms with Crippen LogP contribution < -0.4 is 16.0 Å². The van der Waals surface area contributed by atoms with E-state index in [-0.39, 0.29) is 11.4 Å². The normalized spacial score (nSPS) is 18.5. The minimum atomic E-state index is -0.325. The summed E-state index contributed by atoms with van der Waals surface area (Å²) in [6.07, 6.45) is 2.35. The fourth-order valence-corrected chi connectivity index (χ4v) is 2.81. The molecule has 0 aromatic carbocycles. The van der Waals surface area contributed by atoms with Gasteiger partial charge in [0.25, 0.3) is 0 Å². The van der Waals surface area contributed by atoms with Crippen LogP contribution in [0.2, 0.25) is 0 Å². The second-order valence-corrected chi connectivity index (χ2v) is 7.09. The average molecular weight is 333 g/mol. The van der Waals surface area contributed by atoms with Gasteiger partial charge < -0.3 is 16.0 Å². The van der Waals surface area contributed by atoms with E-state index >= 15 is 0 Å². The summed E-state index contributed by atoms with van der Waals surface area (Å²) in [7, 11) is 0. The molecule has 2 heterocycles. The SMILES string of the molecule is CC(C)C(C)(CN)NC(=O)CCN1CCN(c2ccccn2)CC1. The van der Waals surface area contributed by atoms with Gasteiger partial charge in [-0.3, -0.25) is 9.69 Å². The van der Waals surface area contributed by atoms with E-state index in [4.69, 9.17) is 5.73 Å². The predicted octanol–water partition coefficient (Wildman–Crippen LogP) is 1.08. The average Bonchev–Trinajstić information content (AvgIpc) is 2.61. The van der Waals surface area contributed by atoms with Crippen molar-refractivity contribution in [3.8, 4) is 0 Å². The number of nitrogens with two attached hydrogens (primary N) is 1. The van der Waals surface area contributed by atoms with E-state index in [0.717, 1.165) is 38.5 Å². The molecule has 3 N–H and O–H groups in total. The van der Waals surface area contributed by atoms with Crippen LogP contribution >= 0.6 is 0 Å². The van der Waals surface area contributed by atoms with Crippen LogP contribution in [0.15, 0.2) is 24.4 Å². The van der Waals surface area contributed by atoms with Gasteiger partial charge in [-0.05, 0) is 25.0 Å². The van der Waals surface area contributed by atoms with Gasteiger partial charge in [-0.1, -0.05) is 19.9 Å². The Morgan fingerprint density at radius 1 is 1.33 bits per heavy atom. The van der Waals surface area contributed by atoms with Crippen molar-refractivity contribution in [1.29, 1.82) is 0 Å². The van der Waals surface area contributed by atoms with Crippen molar-refractivity contribution in [2.75, 3.05) is 44.2 Å². The monoisotopic (exact) mass is 333 g/mol. The van der Waals surface area contributed by atoms with Gasteiger partial charge in [-0.25, -0.2) is 4.98 Å². The number of carbonyl (C=O) groups is 1. The van der Waals surface area contributed by atoms with Crippen LogP contribution in [-0.4, -0.2) is 60.6 Å². The van der Waals surface area contributed by atoms with Crippen molar-refractivity contribution in [2.24, 2.45) is 11.7 Å². The quantitative estimate of drug-likeness (QED) is 0.781. The maximum atomic E-state index is 12.2. The van der Waals surface area contributed by atoms with E-state index in [1.807, 2.05) is 31.3 Å². The Labute approximate surface area is 145 Å². The number of aromatic nitrogens is 1. The standard InChI is InChI=1S/C18H31N5O/c1-15(2)18(3,14-19)21-17(24)7-9-22-10-12-23(13-11-22)16-6-4-5-8-20-16/h4-6,8,15H,7,9-14,19H2,1-3H3,(H,21,24). The Balaban J connectivity index is 1.73. The van der Waals surface area contributed by atoms with Crippen LogP contribution in [0.4, 0.5) is 5.82 Å². The predicted molar refractivity (Wildman–Crippen MR) is 97.9 cm³/mol. The summed E-state index contributed by atoms with van der Waals surface area (Å²) in [5.41, 5.74) is 5.50. The van der Waals surface area contributed by atoms with E-state index in [9.17, 15) is 4.79 Å². The Morgan fingerprint density at radius 2 is 2.04 bits per heavy atom. The van der Waals surface area contributed by atoms with Crippen molar-refractivity contribution >= 4 is 11.7 Å². The smallest absolute Gasteiger partial charge is 0.221 e. The Bertz CT molecular complexity index is 513. The summed E-state index contributed by atoms with van der Waals surface area (Å²) < 4.78 is 0. The van der Waals surface area contributed by atoms with Gasteiger partial charge in [-0.15, -0.1) is 0 Å². The molecule has 24 heavy (non-hydrogen) atoms. The molecule has 0 bridgehead atoms. The third-order valence-corrected chi connectivity index (χ3v) is 5.12. The number of rotatable bonds is 7. The van der Waals surface area contributed by atoms with Crippen molar-refractivity contribution in [3.05, 3.63) is 24.4 Å². The third kappa shape index (κ3) is 4.92. The number of hydrogen-bond acceptors (Lipinski definition) is 5. The van der Waals surface area contributed by atoms with E-state index in [2.05, 4.69) is 33.9 Å². The van der Waals surface area contributed by atoms with Crippen molar-refractivity contribution in [2.45, 2.75) is 32.7 Å². The molecule has 1 aromatic heterocycles. The largest absolute Gasteiger partial charge is 0.354 e. The molecule has 0 radical (unpaired) electrons. The zero-order chi connectivity index (χ0) is 17.6. The van der Waals surface area contributed by atoms with Gasteiger partial charge in [0.15, 0.2) is 0 Å². The first-order valence-corrected chi connectivity index (χ1v) is 8.84. The Kier molecular flexibility index (Phi) is 6.57. The molecule has 1 unspecified atom stereocenters. The first-order chi connectivity index (χ1) is 11.4. The molecule has 1 aromatic rings. The molecule has 6 nitrogen and oxygen atoms in total. The number of piperazine rings is 1. The Morgan fingerprint density at radius 3 is 2.58 bits per heavy atom. The lowest BCUT2D eigenvalue weighted by Crippen LogP contribution is -2.55. The number of anilines is 1. The molecule has 0 spiro atoms. The van der Waals surface area contributed by atoms with Crippen LogP contribution in [0, 0.1) is 5.92 Å². The molecular weight excluding hydrogens is 302 g/mol. The summed E-state index contributed by atoms with van der Waals surface area (Å²) in [6.45, 7) is 11.3. The minimum absolute atomic E-state index is 0.0869. The number of hydrogen-bond donors (Lipinski definition) is 2.